The molecule has 16 heavy (non-hydrogen) atoms. The first-order valence-electron chi connectivity index (χ1n) is 5.53. The summed E-state index contributed by atoms with van der Waals surface area (Å²) in [5.41, 5.74) is 9.36. The van der Waals surface area contributed by atoms with Gasteiger partial charge < -0.3 is 5.73 Å². The van der Waals surface area contributed by atoms with Crippen molar-refractivity contribution in [2.24, 2.45) is 0 Å². The predicted octanol–water partition coefficient (Wildman–Crippen LogP) is 0.794. The van der Waals surface area contributed by atoms with E-state index in [4.69, 9.17) is 5.73 Å². The van der Waals surface area contributed by atoms with Crippen LogP contribution >= 0.6 is 0 Å². The number of carbonyl (C=O) groups excluding carboxylic acids is 1. The van der Waals surface area contributed by atoms with Gasteiger partial charge in [-0.05, 0) is 25.0 Å². The molecule has 0 atom stereocenters. The Morgan fingerprint density at radius 3 is 2.81 bits per heavy atom. The van der Waals surface area contributed by atoms with Crippen LogP contribution in [0.1, 0.15) is 29.8 Å². The second-order valence-corrected chi connectivity index (χ2v) is 3.96. The van der Waals surface area contributed by atoms with Crippen molar-refractivity contribution in [1.29, 1.82) is 0 Å². The Hall–Kier alpha value is -1.62. The summed E-state index contributed by atoms with van der Waals surface area (Å²) in [6, 6.07) is 3.25. The minimum Gasteiger partial charge on any atom is -0.399 e. The normalized spacial score (nSPS) is 17.0. The molecule has 1 aromatic heterocycles. The average molecular weight is 220 g/mol. The van der Waals surface area contributed by atoms with E-state index in [2.05, 4.69) is 10.4 Å². The molecule has 1 aromatic rings. The number of anilines is 1. The van der Waals surface area contributed by atoms with Crippen molar-refractivity contribution in [3.05, 3.63) is 24.0 Å². The second kappa shape index (κ2) is 4.94. The lowest BCUT2D eigenvalue weighted by molar-refractivity contribution is 0.0745. The van der Waals surface area contributed by atoms with Gasteiger partial charge in [0.2, 0.25) is 0 Å². The maximum atomic E-state index is 11.8. The van der Waals surface area contributed by atoms with Gasteiger partial charge in [-0.15, -0.1) is 0 Å². The molecule has 0 saturated carbocycles. The quantitative estimate of drug-likeness (QED) is 0.773. The number of piperidine rings is 1. The molecule has 1 aliphatic rings. The highest BCUT2D eigenvalue weighted by molar-refractivity contribution is 5.92. The molecule has 0 radical (unpaired) electrons. The van der Waals surface area contributed by atoms with Gasteiger partial charge >= 0.3 is 0 Å². The Morgan fingerprint density at radius 1 is 1.38 bits per heavy atom. The summed E-state index contributed by atoms with van der Waals surface area (Å²) in [5.74, 6) is -0.186. The minimum absolute atomic E-state index is 0.186. The molecule has 1 saturated heterocycles. The smallest absolute Gasteiger partial charge is 0.284 e. The van der Waals surface area contributed by atoms with Crippen LogP contribution in [0.5, 0.6) is 0 Å². The summed E-state index contributed by atoms with van der Waals surface area (Å²) < 4.78 is 0. The molecule has 0 aliphatic carbocycles. The van der Waals surface area contributed by atoms with E-state index < -0.39 is 0 Å². The molecule has 0 aromatic carbocycles. The number of aromatic nitrogens is 1. The number of nitrogens with zero attached hydrogens (tertiary/aromatic N) is 2. The van der Waals surface area contributed by atoms with E-state index in [0.717, 1.165) is 25.9 Å². The van der Waals surface area contributed by atoms with Gasteiger partial charge in [0.05, 0.1) is 0 Å². The van der Waals surface area contributed by atoms with Crippen LogP contribution in [-0.2, 0) is 0 Å². The number of nitrogen functional groups attached to an aromatic ring is 1. The molecular weight excluding hydrogens is 204 g/mol. The fourth-order valence-corrected chi connectivity index (χ4v) is 1.78. The van der Waals surface area contributed by atoms with Crippen LogP contribution in [0.2, 0.25) is 0 Å². The van der Waals surface area contributed by atoms with Crippen molar-refractivity contribution >= 4 is 11.6 Å². The van der Waals surface area contributed by atoms with Crippen LogP contribution in [0.25, 0.3) is 0 Å². The molecule has 0 bridgehead atoms. The molecule has 1 amide bonds. The third-order valence-corrected chi connectivity index (χ3v) is 2.63. The van der Waals surface area contributed by atoms with E-state index in [-0.39, 0.29) is 5.91 Å². The summed E-state index contributed by atoms with van der Waals surface area (Å²) in [6.07, 6.45) is 5.04. The topological polar surface area (TPSA) is 71.2 Å². The van der Waals surface area contributed by atoms with Gasteiger partial charge in [-0.1, -0.05) is 6.42 Å². The van der Waals surface area contributed by atoms with E-state index in [1.165, 1.54) is 6.42 Å². The summed E-state index contributed by atoms with van der Waals surface area (Å²) in [4.78, 5) is 15.8. The molecule has 5 nitrogen and oxygen atoms in total. The van der Waals surface area contributed by atoms with Crippen molar-refractivity contribution in [1.82, 2.24) is 15.4 Å². The fourth-order valence-electron chi connectivity index (χ4n) is 1.78. The maximum absolute atomic E-state index is 11.8. The number of amides is 1. The number of pyridine rings is 1. The van der Waals surface area contributed by atoms with Crippen LogP contribution in [0.4, 0.5) is 5.69 Å². The van der Waals surface area contributed by atoms with Crippen LogP contribution in [0.15, 0.2) is 18.3 Å². The highest BCUT2D eigenvalue weighted by atomic mass is 16.2. The number of hydrazine groups is 1. The summed E-state index contributed by atoms with van der Waals surface area (Å²) in [7, 11) is 0. The van der Waals surface area contributed by atoms with Gasteiger partial charge in [-0.2, -0.15) is 0 Å². The van der Waals surface area contributed by atoms with E-state index >= 15 is 0 Å². The molecule has 86 valence electrons. The molecule has 1 aliphatic heterocycles. The number of carbonyl (C=O) groups is 1. The molecule has 2 heterocycles. The van der Waals surface area contributed by atoms with Crippen LogP contribution in [-0.4, -0.2) is 29.0 Å². The van der Waals surface area contributed by atoms with Gasteiger partial charge in [0, 0.05) is 25.0 Å². The Labute approximate surface area is 94.6 Å². The third-order valence-electron chi connectivity index (χ3n) is 2.63. The molecular formula is C11H16N4O. The van der Waals surface area contributed by atoms with Crippen LogP contribution in [0, 0.1) is 0 Å². The lowest BCUT2D eigenvalue weighted by atomic mass is 10.2. The molecule has 0 spiro atoms. The van der Waals surface area contributed by atoms with Crippen LogP contribution in [0.3, 0.4) is 0 Å². The van der Waals surface area contributed by atoms with Crippen molar-refractivity contribution in [3.63, 3.8) is 0 Å². The van der Waals surface area contributed by atoms with E-state index in [9.17, 15) is 4.79 Å². The van der Waals surface area contributed by atoms with Crippen molar-refractivity contribution < 1.29 is 4.79 Å². The van der Waals surface area contributed by atoms with Gasteiger partial charge in [0.15, 0.2) is 0 Å². The Morgan fingerprint density at radius 2 is 2.12 bits per heavy atom. The SMILES string of the molecule is Nc1ccnc(C(=O)NN2CCCCC2)c1. The Balaban J connectivity index is 1.97. The molecule has 1 fully saturated rings. The van der Waals surface area contributed by atoms with Crippen molar-refractivity contribution in [2.45, 2.75) is 19.3 Å². The number of nitrogens with one attached hydrogen (secondary N) is 1. The van der Waals surface area contributed by atoms with E-state index in [0.29, 0.717) is 11.4 Å². The zero-order chi connectivity index (χ0) is 11.4. The first-order valence-corrected chi connectivity index (χ1v) is 5.53. The van der Waals surface area contributed by atoms with E-state index in [1.54, 1.807) is 18.3 Å². The van der Waals surface area contributed by atoms with Gasteiger partial charge in [0.25, 0.3) is 5.91 Å². The average Bonchev–Trinajstić information content (AvgIpc) is 2.30. The Kier molecular flexibility index (Phi) is 3.36. The number of hydrogen-bond acceptors (Lipinski definition) is 4. The fraction of sp³-hybridized carbons (Fsp3) is 0.455. The monoisotopic (exact) mass is 220 g/mol. The standard InChI is InChI=1S/C11H16N4O/c12-9-4-5-13-10(8-9)11(16)14-15-6-2-1-3-7-15/h4-5,8H,1-3,6-7H2,(H2,12,13)(H,14,16). The van der Waals surface area contributed by atoms with Crippen LogP contribution < -0.4 is 11.2 Å². The zero-order valence-electron chi connectivity index (χ0n) is 9.15. The lowest BCUT2D eigenvalue weighted by Gasteiger charge is -2.26. The summed E-state index contributed by atoms with van der Waals surface area (Å²) in [5, 5.41) is 1.94. The van der Waals surface area contributed by atoms with E-state index in [1.807, 2.05) is 5.01 Å². The minimum atomic E-state index is -0.186. The number of rotatable bonds is 2. The second-order valence-electron chi connectivity index (χ2n) is 3.96. The maximum Gasteiger partial charge on any atom is 0.284 e. The highest BCUT2D eigenvalue weighted by Gasteiger charge is 2.14. The largest absolute Gasteiger partial charge is 0.399 e. The first-order chi connectivity index (χ1) is 7.75. The van der Waals surface area contributed by atoms with Gasteiger partial charge in [-0.25, -0.2) is 5.01 Å². The first kappa shape index (κ1) is 10.9. The third kappa shape index (κ3) is 2.70. The summed E-state index contributed by atoms with van der Waals surface area (Å²) in [6.45, 7) is 1.82. The van der Waals surface area contributed by atoms with Crippen molar-refractivity contribution in [3.8, 4) is 0 Å². The number of nitrogens with two attached hydrogens (primary N) is 1. The lowest BCUT2D eigenvalue weighted by Crippen LogP contribution is -2.45. The predicted molar refractivity (Wildman–Crippen MR) is 61.5 cm³/mol. The molecule has 5 heteroatoms. The zero-order valence-corrected chi connectivity index (χ0v) is 9.15. The molecule has 3 N–H and O–H groups in total. The van der Waals surface area contributed by atoms with Crippen molar-refractivity contribution in [2.75, 3.05) is 18.8 Å². The molecule has 2 rings (SSSR count). The Bertz CT molecular complexity index is 374. The molecule has 0 unspecified atom stereocenters. The van der Waals surface area contributed by atoms with Gasteiger partial charge in [-0.3, -0.25) is 15.2 Å². The summed E-state index contributed by atoms with van der Waals surface area (Å²) >= 11 is 0. The number of hydrogen-bond donors (Lipinski definition) is 2. The van der Waals surface area contributed by atoms with Gasteiger partial charge in [0.1, 0.15) is 5.69 Å². The highest BCUT2D eigenvalue weighted by Crippen LogP contribution is 2.07.